The Morgan fingerprint density at radius 3 is 2.51 bits per heavy atom. The first kappa shape index (κ1) is 30.4. The summed E-state index contributed by atoms with van der Waals surface area (Å²) in [6.45, 7) is 5.76. The first-order valence-corrected chi connectivity index (χ1v) is 17.5. The second-order valence-corrected chi connectivity index (χ2v) is 14.5. The Labute approximate surface area is 275 Å². The third-order valence-corrected chi connectivity index (χ3v) is 11.2. The molecule has 0 spiro atoms. The molecule has 10 nitrogen and oxygen atoms in total. The summed E-state index contributed by atoms with van der Waals surface area (Å²) < 4.78 is 10.2. The maximum Gasteiger partial charge on any atom is 0.255 e. The topological polar surface area (TPSA) is 118 Å². The zero-order valence-electron chi connectivity index (χ0n) is 27.5. The van der Waals surface area contributed by atoms with Crippen LogP contribution in [0.1, 0.15) is 78.8 Å². The van der Waals surface area contributed by atoms with Crippen molar-refractivity contribution in [3.63, 3.8) is 0 Å². The zero-order chi connectivity index (χ0) is 32.4. The second-order valence-electron chi connectivity index (χ2n) is 14.5. The second kappa shape index (κ2) is 12.0. The summed E-state index contributed by atoms with van der Waals surface area (Å²) >= 11 is 0. The average molecular weight is 639 g/mol. The number of amides is 2. The van der Waals surface area contributed by atoms with Crippen molar-refractivity contribution in [3.05, 3.63) is 53.2 Å². The van der Waals surface area contributed by atoms with Crippen molar-refractivity contribution in [1.29, 1.82) is 0 Å². The van der Waals surface area contributed by atoms with Gasteiger partial charge in [-0.2, -0.15) is 5.10 Å². The zero-order valence-corrected chi connectivity index (χ0v) is 27.5. The van der Waals surface area contributed by atoms with Gasteiger partial charge in [0.25, 0.3) is 5.91 Å². The molecule has 0 radical (unpaired) electrons. The Balaban J connectivity index is 1.14. The molecule has 8 rings (SSSR count). The fourth-order valence-electron chi connectivity index (χ4n) is 8.24. The maximum absolute atomic E-state index is 13.6. The van der Waals surface area contributed by atoms with Crippen molar-refractivity contribution in [2.24, 2.45) is 17.6 Å². The minimum Gasteiger partial charge on any atom is -0.494 e. The van der Waals surface area contributed by atoms with Gasteiger partial charge < -0.3 is 29.9 Å². The number of benzene rings is 1. The number of ether oxygens (including phenoxy) is 1. The number of nitrogens with two attached hydrogens (primary N) is 1. The van der Waals surface area contributed by atoms with Gasteiger partial charge in [-0.3, -0.25) is 9.59 Å². The van der Waals surface area contributed by atoms with Gasteiger partial charge in [-0.15, -0.1) is 0 Å². The number of aliphatic hydroxyl groups excluding tert-OH is 1. The minimum atomic E-state index is -0.254. The molecular formula is C37H46N6O4. The summed E-state index contributed by atoms with van der Waals surface area (Å²) in [6, 6.07) is 10.7. The van der Waals surface area contributed by atoms with Crippen LogP contribution in [0.3, 0.4) is 0 Å². The average Bonchev–Trinajstić information content (AvgIpc) is 3.72. The quantitative estimate of drug-likeness (QED) is 0.303. The predicted octanol–water partition coefficient (Wildman–Crippen LogP) is 4.72. The highest BCUT2D eigenvalue weighted by molar-refractivity contribution is 5.96. The molecule has 4 aliphatic rings. The van der Waals surface area contributed by atoms with E-state index >= 15 is 0 Å². The molecule has 248 valence electrons. The summed E-state index contributed by atoms with van der Waals surface area (Å²) in [5.74, 6) is 1.82. The number of aromatic nitrogens is 3. The number of nitrogens with zero attached hydrogens (tertiary/aromatic N) is 5. The molecule has 0 bridgehead atoms. The number of aryl methyl sites for hydroxylation is 1. The number of piperidine rings is 1. The standard InChI is InChI=1S/C37H46N6O4/c1-22-33(39-43-20-26(16-32(47-2)34(22)43)37(46)40-14-4-6-28(38)21-40)31-15-25-5-3-7-30(35(25)42(31)17-23-8-9-23)27-18-41(19-27)36(45)24-10-12-29(44)13-11-24/h3,5,7,15-16,20,23-24,27-29,44H,4,6,8-14,17-19,21,38H2,1-2H3/t24?,28-,29?/m1/s1. The van der Waals surface area contributed by atoms with Gasteiger partial charge in [0.05, 0.1) is 30.0 Å². The molecule has 47 heavy (non-hydrogen) atoms. The van der Waals surface area contributed by atoms with Crippen molar-refractivity contribution in [2.75, 3.05) is 33.3 Å². The summed E-state index contributed by atoms with van der Waals surface area (Å²) in [7, 11) is 1.65. The molecule has 5 heterocycles. The molecule has 2 saturated carbocycles. The van der Waals surface area contributed by atoms with E-state index in [1.54, 1.807) is 7.11 Å². The van der Waals surface area contributed by atoms with E-state index < -0.39 is 0 Å². The highest BCUT2D eigenvalue weighted by Crippen LogP contribution is 2.42. The molecule has 2 aliphatic heterocycles. The largest absolute Gasteiger partial charge is 0.494 e. The number of rotatable bonds is 7. The lowest BCUT2D eigenvalue weighted by molar-refractivity contribution is -0.141. The van der Waals surface area contributed by atoms with Crippen LogP contribution in [0.25, 0.3) is 27.8 Å². The molecule has 10 heteroatoms. The van der Waals surface area contributed by atoms with Crippen LogP contribution in [0.4, 0.5) is 0 Å². The summed E-state index contributed by atoms with van der Waals surface area (Å²) in [5.41, 5.74) is 13.1. The lowest BCUT2D eigenvalue weighted by Gasteiger charge is -2.42. The van der Waals surface area contributed by atoms with Gasteiger partial charge in [0.1, 0.15) is 17.0 Å². The van der Waals surface area contributed by atoms with Gasteiger partial charge in [-0.25, -0.2) is 4.52 Å². The number of likely N-dealkylation sites (tertiary alicyclic amines) is 2. The van der Waals surface area contributed by atoms with Crippen molar-refractivity contribution in [2.45, 2.75) is 82.9 Å². The van der Waals surface area contributed by atoms with Crippen molar-refractivity contribution in [1.82, 2.24) is 24.0 Å². The number of para-hydroxylation sites is 1. The molecule has 4 fully saturated rings. The molecule has 4 aromatic rings. The lowest BCUT2D eigenvalue weighted by atomic mass is 9.83. The minimum absolute atomic E-state index is 0.00513. The van der Waals surface area contributed by atoms with Gasteiger partial charge in [0.2, 0.25) is 5.91 Å². The fraction of sp³-hybridized carbons (Fsp3) is 0.541. The number of carbonyl (C=O) groups excluding carboxylic acids is 2. The van der Waals surface area contributed by atoms with Crippen molar-refractivity contribution in [3.8, 4) is 17.1 Å². The number of hydrogen-bond acceptors (Lipinski definition) is 6. The smallest absolute Gasteiger partial charge is 0.255 e. The summed E-state index contributed by atoms with van der Waals surface area (Å²) in [6.07, 6.45) is 8.91. The molecule has 1 aromatic carbocycles. The Kier molecular flexibility index (Phi) is 7.75. The predicted molar refractivity (Wildman–Crippen MR) is 181 cm³/mol. The molecule has 3 N–H and O–H groups in total. The van der Waals surface area contributed by atoms with E-state index in [2.05, 4.69) is 35.8 Å². The Bertz CT molecular complexity index is 1840. The van der Waals surface area contributed by atoms with E-state index in [0.29, 0.717) is 30.3 Å². The third-order valence-electron chi connectivity index (χ3n) is 11.2. The Hall–Kier alpha value is -3.89. The lowest BCUT2D eigenvalue weighted by Crippen LogP contribution is -2.51. The number of fused-ring (bicyclic) bond motifs is 2. The molecule has 1 atom stereocenters. The first-order valence-electron chi connectivity index (χ1n) is 17.5. The van der Waals surface area contributed by atoms with E-state index in [4.69, 9.17) is 15.6 Å². The summed E-state index contributed by atoms with van der Waals surface area (Å²) in [4.78, 5) is 30.7. The third kappa shape index (κ3) is 5.49. The number of carbonyl (C=O) groups is 2. The maximum atomic E-state index is 13.6. The van der Waals surface area contributed by atoms with Gasteiger partial charge in [0.15, 0.2) is 0 Å². The summed E-state index contributed by atoms with van der Waals surface area (Å²) in [5, 5.41) is 16.2. The molecular weight excluding hydrogens is 592 g/mol. The number of methoxy groups -OCH3 is 1. The first-order chi connectivity index (χ1) is 22.8. The van der Waals surface area contributed by atoms with Crippen LogP contribution in [0.15, 0.2) is 36.5 Å². The van der Waals surface area contributed by atoms with Crippen LogP contribution in [-0.4, -0.2) is 86.3 Å². The van der Waals surface area contributed by atoms with E-state index in [1.807, 2.05) is 26.6 Å². The van der Waals surface area contributed by atoms with Gasteiger partial charge in [-0.1, -0.05) is 18.2 Å². The molecule has 2 aliphatic carbocycles. The van der Waals surface area contributed by atoms with Gasteiger partial charge in [0, 0.05) is 67.7 Å². The fourth-order valence-corrected chi connectivity index (χ4v) is 8.24. The van der Waals surface area contributed by atoms with Crippen molar-refractivity contribution >= 4 is 28.2 Å². The van der Waals surface area contributed by atoms with Crippen LogP contribution in [0.5, 0.6) is 5.75 Å². The van der Waals surface area contributed by atoms with Crippen molar-refractivity contribution < 1.29 is 19.4 Å². The van der Waals surface area contributed by atoms with Gasteiger partial charge in [-0.05, 0) is 81.9 Å². The van der Waals surface area contributed by atoms with Crippen LogP contribution in [0.2, 0.25) is 0 Å². The number of hydrogen-bond donors (Lipinski definition) is 2. The monoisotopic (exact) mass is 638 g/mol. The van der Waals surface area contributed by atoms with E-state index in [1.165, 1.54) is 29.3 Å². The van der Waals surface area contributed by atoms with E-state index in [-0.39, 0.29) is 35.8 Å². The van der Waals surface area contributed by atoms with Gasteiger partial charge >= 0.3 is 0 Å². The molecule has 3 aromatic heterocycles. The molecule has 0 unspecified atom stereocenters. The van der Waals surface area contributed by atoms with Crippen LogP contribution >= 0.6 is 0 Å². The highest BCUT2D eigenvalue weighted by Gasteiger charge is 2.38. The van der Waals surface area contributed by atoms with Crippen LogP contribution in [-0.2, 0) is 11.3 Å². The van der Waals surface area contributed by atoms with Crippen LogP contribution < -0.4 is 10.5 Å². The van der Waals surface area contributed by atoms with E-state index in [9.17, 15) is 14.7 Å². The number of pyridine rings is 1. The van der Waals surface area contributed by atoms with Crippen LogP contribution in [0, 0.1) is 18.8 Å². The number of aliphatic hydroxyl groups is 1. The normalized spacial score (nSPS) is 23.8. The molecule has 2 amide bonds. The Morgan fingerprint density at radius 1 is 1.00 bits per heavy atom. The van der Waals surface area contributed by atoms with E-state index in [0.717, 1.165) is 80.6 Å². The molecule has 2 saturated heterocycles. The SMILES string of the molecule is COc1cc(C(=O)N2CCC[C@@H](N)C2)cn2nc(-c3cc4cccc(C5CN(C(=O)C6CCC(O)CC6)C5)c4n3CC3CC3)c(C)c12. The Morgan fingerprint density at radius 2 is 1.79 bits per heavy atom. The highest BCUT2D eigenvalue weighted by atomic mass is 16.5.